The van der Waals surface area contributed by atoms with Gasteiger partial charge in [0.05, 0.1) is 11.6 Å². The molecule has 64 valence electrons. The minimum Gasteiger partial charge on any atom is -0.465 e. The van der Waals surface area contributed by atoms with E-state index in [9.17, 15) is 0 Å². The summed E-state index contributed by atoms with van der Waals surface area (Å²) in [6.45, 7) is 1.68. The zero-order valence-electron chi connectivity index (χ0n) is 6.59. The van der Waals surface area contributed by atoms with Crippen LogP contribution in [0.2, 0.25) is 0 Å². The zero-order valence-corrected chi connectivity index (χ0v) is 7.34. The summed E-state index contributed by atoms with van der Waals surface area (Å²) >= 11 is 5.95. The van der Waals surface area contributed by atoms with Crippen molar-refractivity contribution >= 4 is 17.2 Å². The van der Waals surface area contributed by atoms with Gasteiger partial charge in [-0.1, -0.05) is 6.08 Å². The standard InChI is InChI=1S/C9H10ClNO/c10-8-4-7(5-11-6-8)9-2-1-3-12-9/h1-4,8,11H,5-6H2. The Bertz CT molecular complexity index is 279. The van der Waals surface area contributed by atoms with E-state index >= 15 is 0 Å². The molecule has 0 aliphatic carbocycles. The van der Waals surface area contributed by atoms with E-state index in [-0.39, 0.29) is 5.38 Å². The molecule has 2 rings (SSSR count). The molecule has 3 heteroatoms. The highest BCUT2D eigenvalue weighted by molar-refractivity contribution is 6.22. The van der Waals surface area contributed by atoms with E-state index in [2.05, 4.69) is 5.32 Å². The maximum atomic E-state index is 5.95. The van der Waals surface area contributed by atoms with Crippen LogP contribution in [0.25, 0.3) is 5.57 Å². The summed E-state index contributed by atoms with van der Waals surface area (Å²) < 4.78 is 5.25. The second kappa shape index (κ2) is 3.33. The molecule has 1 aromatic rings. The largest absolute Gasteiger partial charge is 0.465 e. The second-order valence-electron chi connectivity index (χ2n) is 2.82. The summed E-state index contributed by atoms with van der Waals surface area (Å²) in [5.74, 6) is 0.910. The highest BCUT2D eigenvalue weighted by Crippen LogP contribution is 2.18. The van der Waals surface area contributed by atoms with Crippen LogP contribution in [0.15, 0.2) is 28.9 Å². The third kappa shape index (κ3) is 1.54. The van der Waals surface area contributed by atoms with Gasteiger partial charge in [-0.2, -0.15) is 0 Å². The molecule has 1 N–H and O–H groups in total. The van der Waals surface area contributed by atoms with Crippen LogP contribution < -0.4 is 5.32 Å². The monoisotopic (exact) mass is 183 g/mol. The summed E-state index contributed by atoms with van der Waals surface area (Å²) in [5, 5.41) is 3.29. The zero-order chi connectivity index (χ0) is 8.39. The number of hydrogen-bond donors (Lipinski definition) is 1. The first-order valence-corrected chi connectivity index (χ1v) is 4.39. The molecule has 0 saturated heterocycles. The van der Waals surface area contributed by atoms with Crippen LogP contribution in [0, 0.1) is 0 Å². The van der Waals surface area contributed by atoms with Gasteiger partial charge in [-0.15, -0.1) is 11.6 Å². The highest BCUT2D eigenvalue weighted by Gasteiger charge is 2.12. The van der Waals surface area contributed by atoms with E-state index in [1.165, 1.54) is 0 Å². The molecule has 1 aliphatic heterocycles. The van der Waals surface area contributed by atoms with Crippen LogP contribution in [-0.2, 0) is 0 Å². The normalized spacial score (nSPS) is 23.8. The molecule has 0 spiro atoms. The lowest BCUT2D eigenvalue weighted by molar-refractivity contribution is 0.547. The summed E-state index contributed by atoms with van der Waals surface area (Å²) in [7, 11) is 0. The smallest absolute Gasteiger partial charge is 0.130 e. The molecule has 0 radical (unpaired) electrons. The minimum atomic E-state index is 0.0823. The molecule has 12 heavy (non-hydrogen) atoms. The summed E-state index contributed by atoms with van der Waals surface area (Å²) in [6, 6.07) is 3.83. The molecule has 2 heterocycles. The maximum Gasteiger partial charge on any atom is 0.130 e. The predicted molar refractivity (Wildman–Crippen MR) is 49.2 cm³/mol. The lowest BCUT2D eigenvalue weighted by atomic mass is 10.1. The Hall–Kier alpha value is -0.730. The number of halogens is 1. The highest BCUT2D eigenvalue weighted by atomic mass is 35.5. The lowest BCUT2D eigenvalue weighted by Crippen LogP contribution is -2.28. The average Bonchev–Trinajstić information content (AvgIpc) is 2.56. The predicted octanol–water partition coefficient (Wildman–Crippen LogP) is 1.87. The van der Waals surface area contributed by atoms with E-state index in [1.54, 1.807) is 6.26 Å². The minimum absolute atomic E-state index is 0.0823. The first kappa shape index (κ1) is 7.90. The van der Waals surface area contributed by atoms with Gasteiger partial charge in [0.2, 0.25) is 0 Å². The van der Waals surface area contributed by atoms with E-state index in [0.717, 1.165) is 24.4 Å². The van der Waals surface area contributed by atoms with Crippen molar-refractivity contribution in [1.82, 2.24) is 5.32 Å². The van der Waals surface area contributed by atoms with Crippen molar-refractivity contribution in [3.05, 3.63) is 30.2 Å². The van der Waals surface area contributed by atoms with Gasteiger partial charge in [-0.25, -0.2) is 0 Å². The third-order valence-corrected chi connectivity index (χ3v) is 2.15. The Balaban J connectivity index is 2.23. The second-order valence-corrected chi connectivity index (χ2v) is 3.38. The van der Waals surface area contributed by atoms with Crippen molar-refractivity contribution in [2.75, 3.05) is 13.1 Å². The average molecular weight is 184 g/mol. The number of furan rings is 1. The van der Waals surface area contributed by atoms with Crippen molar-refractivity contribution in [3.8, 4) is 0 Å². The van der Waals surface area contributed by atoms with E-state index in [1.807, 2.05) is 18.2 Å². The molecule has 2 nitrogen and oxygen atoms in total. The van der Waals surface area contributed by atoms with Gasteiger partial charge in [-0.3, -0.25) is 0 Å². The third-order valence-electron chi connectivity index (χ3n) is 1.87. The molecule has 0 fully saturated rings. The van der Waals surface area contributed by atoms with Crippen molar-refractivity contribution in [3.63, 3.8) is 0 Å². The van der Waals surface area contributed by atoms with Gasteiger partial charge in [0.15, 0.2) is 0 Å². The van der Waals surface area contributed by atoms with Gasteiger partial charge in [0.25, 0.3) is 0 Å². The molecular weight excluding hydrogens is 174 g/mol. The molecule has 0 bridgehead atoms. The first-order chi connectivity index (χ1) is 5.86. The van der Waals surface area contributed by atoms with Crippen molar-refractivity contribution in [2.24, 2.45) is 0 Å². The van der Waals surface area contributed by atoms with Crippen molar-refractivity contribution in [1.29, 1.82) is 0 Å². The summed E-state index contributed by atoms with van der Waals surface area (Å²) in [4.78, 5) is 0. The molecule has 1 aliphatic rings. The summed E-state index contributed by atoms with van der Waals surface area (Å²) in [6.07, 6.45) is 3.71. The molecule has 1 atom stereocenters. The Kier molecular flexibility index (Phi) is 2.19. The summed E-state index contributed by atoms with van der Waals surface area (Å²) in [5.41, 5.74) is 1.14. The molecule has 1 unspecified atom stereocenters. The Labute approximate surface area is 76.2 Å². The van der Waals surface area contributed by atoms with Crippen LogP contribution in [-0.4, -0.2) is 18.5 Å². The van der Waals surface area contributed by atoms with Crippen LogP contribution in [0.5, 0.6) is 0 Å². The van der Waals surface area contributed by atoms with Gasteiger partial charge in [-0.05, 0) is 12.1 Å². The van der Waals surface area contributed by atoms with Gasteiger partial charge in [0, 0.05) is 18.7 Å². The van der Waals surface area contributed by atoms with E-state index in [0.29, 0.717) is 0 Å². The van der Waals surface area contributed by atoms with Crippen LogP contribution in [0.1, 0.15) is 5.76 Å². The van der Waals surface area contributed by atoms with E-state index < -0.39 is 0 Å². The fourth-order valence-electron chi connectivity index (χ4n) is 1.31. The number of rotatable bonds is 1. The van der Waals surface area contributed by atoms with Crippen LogP contribution in [0.3, 0.4) is 0 Å². The van der Waals surface area contributed by atoms with Gasteiger partial charge < -0.3 is 9.73 Å². The molecule has 1 aromatic heterocycles. The van der Waals surface area contributed by atoms with Crippen LogP contribution in [0.4, 0.5) is 0 Å². The SMILES string of the molecule is ClC1C=C(c2ccco2)CNC1. The first-order valence-electron chi connectivity index (χ1n) is 3.95. The lowest BCUT2D eigenvalue weighted by Gasteiger charge is -2.16. The maximum absolute atomic E-state index is 5.95. The molecular formula is C9H10ClNO. The molecule has 0 aromatic carbocycles. The number of nitrogens with one attached hydrogen (secondary N) is 1. The Morgan fingerprint density at radius 2 is 2.50 bits per heavy atom. The topological polar surface area (TPSA) is 25.2 Å². The molecule has 0 saturated carbocycles. The fraction of sp³-hybridized carbons (Fsp3) is 0.333. The fourth-order valence-corrected chi connectivity index (χ4v) is 1.57. The Morgan fingerprint density at radius 3 is 3.17 bits per heavy atom. The van der Waals surface area contributed by atoms with Crippen molar-refractivity contribution in [2.45, 2.75) is 5.38 Å². The quantitative estimate of drug-likeness (QED) is 0.673. The van der Waals surface area contributed by atoms with Crippen molar-refractivity contribution < 1.29 is 4.42 Å². The van der Waals surface area contributed by atoms with Gasteiger partial charge >= 0.3 is 0 Å². The van der Waals surface area contributed by atoms with Crippen LogP contribution >= 0.6 is 11.6 Å². The Morgan fingerprint density at radius 1 is 1.58 bits per heavy atom. The number of alkyl halides is 1. The molecule has 0 amide bonds. The number of hydrogen-bond acceptors (Lipinski definition) is 2. The van der Waals surface area contributed by atoms with E-state index in [4.69, 9.17) is 16.0 Å². The van der Waals surface area contributed by atoms with Gasteiger partial charge in [0.1, 0.15) is 5.76 Å².